The number of ether oxygens (including phenoxy) is 1. The zero-order chi connectivity index (χ0) is 35.4. The largest absolute Gasteiger partial charge is 0.457 e. The molecule has 9 aromatic rings. The van der Waals surface area contributed by atoms with Crippen molar-refractivity contribution in [1.29, 1.82) is 0 Å². The summed E-state index contributed by atoms with van der Waals surface area (Å²) in [6.07, 6.45) is 0. The molecule has 8 aromatic carbocycles. The van der Waals surface area contributed by atoms with Crippen LogP contribution in [0.15, 0.2) is 176 Å². The lowest BCUT2D eigenvalue weighted by atomic mass is 9.66. The topological polar surface area (TPSA) is 47.9 Å². The Kier molecular flexibility index (Phi) is 5.95. The predicted octanol–water partition coefficient (Wildman–Crippen LogP) is 12.1. The molecule has 3 aliphatic rings. The molecule has 0 saturated carbocycles. The Morgan fingerprint density at radius 3 is 1.69 bits per heavy atom. The molecule has 0 unspecified atom stereocenters. The summed E-state index contributed by atoms with van der Waals surface area (Å²) in [7, 11) is 0. The lowest BCUT2D eigenvalue weighted by molar-refractivity contribution is 0.436. The Balaban J connectivity index is 1.12. The van der Waals surface area contributed by atoms with Gasteiger partial charge < -0.3 is 4.74 Å². The Labute approximate surface area is 312 Å². The van der Waals surface area contributed by atoms with E-state index in [1.165, 1.54) is 44.3 Å². The van der Waals surface area contributed by atoms with Crippen molar-refractivity contribution >= 4 is 10.8 Å². The van der Waals surface area contributed by atoms with Crippen molar-refractivity contribution in [3.63, 3.8) is 0 Å². The van der Waals surface area contributed by atoms with Gasteiger partial charge in [0.1, 0.15) is 22.9 Å². The van der Waals surface area contributed by atoms with Crippen molar-refractivity contribution in [1.82, 2.24) is 15.2 Å². The maximum atomic E-state index is 6.58. The first-order valence-electron chi connectivity index (χ1n) is 18.4. The van der Waals surface area contributed by atoms with E-state index in [9.17, 15) is 0 Å². The van der Waals surface area contributed by atoms with E-state index in [1.54, 1.807) is 0 Å². The molecule has 0 N–H and O–H groups in total. The molecule has 250 valence electrons. The maximum absolute atomic E-state index is 6.58. The van der Waals surface area contributed by atoms with E-state index < -0.39 is 5.41 Å². The number of benzene rings is 8. The van der Waals surface area contributed by atoms with Gasteiger partial charge >= 0.3 is 0 Å². The van der Waals surface area contributed by atoms with Crippen molar-refractivity contribution in [3.05, 3.63) is 198 Å². The normalized spacial score (nSPS) is 13.5. The molecule has 0 bridgehead atoms. The quantitative estimate of drug-likeness (QED) is 0.185. The summed E-state index contributed by atoms with van der Waals surface area (Å²) in [4.78, 5) is 5.43. The predicted molar refractivity (Wildman–Crippen MR) is 215 cm³/mol. The third-order valence-electron chi connectivity index (χ3n) is 11.6. The minimum absolute atomic E-state index is 0.580. The van der Waals surface area contributed by atoms with E-state index >= 15 is 0 Å². The van der Waals surface area contributed by atoms with Crippen molar-refractivity contribution in [2.45, 2.75) is 5.41 Å². The number of hydrogen-bond acceptors (Lipinski definition) is 4. The second kappa shape index (κ2) is 10.9. The van der Waals surface area contributed by atoms with Gasteiger partial charge in [0.15, 0.2) is 5.82 Å². The van der Waals surface area contributed by atoms with Gasteiger partial charge in [0.05, 0.1) is 5.41 Å². The van der Waals surface area contributed by atoms with E-state index in [1.807, 2.05) is 6.07 Å². The molecule has 0 amide bonds. The molecule has 12 rings (SSSR count). The first-order valence-corrected chi connectivity index (χ1v) is 18.4. The fourth-order valence-corrected chi connectivity index (χ4v) is 9.52. The van der Waals surface area contributed by atoms with Crippen LogP contribution in [0.3, 0.4) is 0 Å². The highest BCUT2D eigenvalue weighted by atomic mass is 16.5. The molecule has 0 saturated heterocycles. The molecule has 0 fully saturated rings. The molecule has 2 heterocycles. The monoisotopic (exact) mass is 687 g/mol. The number of fused-ring (bicyclic) bond motifs is 12. The van der Waals surface area contributed by atoms with Gasteiger partial charge in [-0.2, -0.15) is 0 Å². The minimum atomic E-state index is -0.580. The van der Waals surface area contributed by atoms with Gasteiger partial charge in [0.25, 0.3) is 0 Å². The zero-order valence-electron chi connectivity index (χ0n) is 29.0. The highest BCUT2D eigenvalue weighted by molar-refractivity contribution is 6.18. The number of hydrogen-bond donors (Lipinski definition) is 0. The van der Waals surface area contributed by atoms with Crippen LogP contribution in [0.25, 0.3) is 78.1 Å². The van der Waals surface area contributed by atoms with Gasteiger partial charge in [-0.3, -0.25) is 0 Å². The zero-order valence-corrected chi connectivity index (χ0v) is 29.0. The van der Waals surface area contributed by atoms with Gasteiger partial charge in [0, 0.05) is 27.8 Å². The van der Waals surface area contributed by atoms with Crippen LogP contribution in [-0.4, -0.2) is 15.2 Å². The van der Waals surface area contributed by atoms with Gasteiger partial charge in [-0.05, 0) is 73.5 Å². The van der Waals surface area contributed by atoms with Crippen LogP contribution < -0.4 is 4.74 Å². The molecule has 1 aromatic heterocycles. The number of para-hydroxylation sites is 2. The van der Waals surface area contributed by atoms with Crippen LogP contribution in [0.1, 0.15) is 22.3 Å². The van der Waals surface area contributed by atoms with Gasteiger partial charge in [-0.1, -0.05) is 158 Å². The third kappa shape index (κ3) is 3.79. The molecular weight excluding hydrogens is 659 g/mol. The van der Waals surface area contributed by atoms with Crippen LogP contribution in [0, 0.1) is 0 Å². The van der Waals surface area contributed by atoms with Crippen LogP contribution in [0.4, 0.5) is 0 Å². The molecule has 1 aliphatic heterocycles. The van der Waals surface area contributed by atoms with Crippen LogP contribution >= 0.6 is 0 Å². The highest BCUT2D eigenvalue weighted by Crippen LogP contribution is 2.63. The molecule has 4 heteroatoms. The second-order valence-electron chi connectivity index (χ2n) is 14.3. The standard InChI is InChI=1S/C50H29N3O/c1-2-14-30(15-3-1)47-48(52-53-49(51-47)36-29-28-35-32-17-5-4-16-31(32)33-19-12-20-34(36)45(33)35)38-21-13-25-42-46(38)37-18-6-7-22-39(37)50(42)40-23-8-10-26-43(40)54-44-27-11-9-24-41(44)50/h1-29H. The second-order valence-corrected chi connectivity index (χ2v) is 14.3. The van der Waals surface area contributed by atoms with E-state index in [0.29, 0.717) is 5.82 Å². The molecule has 4 nitrogen and oxygen atoms in total. The van der Waals surface area contributed by atoms with Crippen molar-refractivity contribution in [2.75, 3.05) is 0 Å². The van der Waals surface area contributed by atoms with Gasteiger partial charge in [-0.25, -0.2) is 4.98 Å². The van der Waals surface area contributed by atoms with Crippen LogP contribution in [0.2, 0.25) is 0 Å². The third-order valence-corrected chi connectivity index (χ3v) is 11.6. The van der Waals surface area contributed by atoms with E-state index in [4.69, 9.17) is 19.9 Å². The molecule has 54 heavy (non-hydrogen) atoms. The molecular formula is C50H29N3O. The average molecular weight is 688 g/mol. The molecule has 1 spiro atoms. The summed E-state index contributed by atoms with van der Waals surface area (Å²) in [5.41, 5.74) is 15.9. The van der Waals surface area contributed by atoms with Gasteiger partial charge in [-0.15, -0.1) is 10.2 Å². The summed E-state index contributed by atoms with van der Waals surface area (Å²) in [5.74, 6) is 2.34. The minimum Gasteiger partial charge on any atom is -0.457 e. The van der Waals surface area contributed by atoms with Crippen molar-refractivity contribution < 1.29 is 4.74 Å². The van der Waals surface area contributed by atoms with Crippen molar-refractivity contribution in [3.8, 4) is 78.8 Å². The van der Waals surface area contributed by atoms with Crippen LogP contribution in [0.5, 0.6) is 11.5 Å². The first kappa shape index (κ1) is 29.4. The summed E-state index contributed by atoms with van der Waals surface area (Å²) < 4.78 is 6.58. The molecule has 2 aliphatic carbocycles. The SMILES string of the molecule is c1ccc(-c2nc(-c3ccc4c5c(cccc35)-c3ccccc3-4)nnc2-c2cccc3c2-c2ccccc2C32c3ccccc3Oc3ccccc32)cc1. The fraction of sp³-hybridized carbons (Fsp3) is 0.0200. The maximum Gasteiger partial charge on any atom is 0.182 e. The summed E-state index contributed by atoms with van der Waals surface area (Å²) in [6, 6.07) is 62.3. The lowest BCUT2D eigenvalue weighted by Gasteiger charge is -2.39. The Hall–Kier alpha value is -7.17. The fourth-order valence-electron chi connectivity index (χ4n) is 9.52. The van der Waals surface area contributed by atoms with Gasteiger partial charge in [0.2, 0.25) is 0 Å². The molecule has 0 radical (unpaired) electrons. The summed E-state index contributed by atoms with van der Waals surface area (Å²) >= 11 is 0. The van der Waals surface area contributed by atoms with Crippen LogP contribution in [-0.2, 0) is 5.41 Å². The lowest BCUT2D eigenvalue weighted by Crippen LogP contribution is -2.32. The Morgan fingerprint density at radius 1 is 0.370 bits per heavy atom. The number of aromatic nitrogens is 3. The molecule has 0 atom stereocenters. The Morgan fingerprint density at radius 2 is 0.926 bits per heavy atom. The van der Waals surface area contributed by atoms with E-state index in [-0.39, 0.29) is 0 Å². The highest BCUT2D eigenvalue weighted by Gasteiger charge is 2.51. The van der Waals surface area contributed by atoms with E-state index in [2.05, 4.69) is 170 Å². The first-order chi connectivity index (χ1) is 26.8. The summed E-state index contributed by atoms with van der Waals surface area (Å²) in [5, 5.41) is 12.5. The number of rotatable bonds is 3. The average Bonchev–Trinajstić information content (AvgIpc) is 3.73. The van der Waals surface area contributed by atoms with E-state index in [0.717, 1.165) is 61.7 Å². The summed E-state index contributed by atoms with van der Waals surface area (Å²) in [6.45, 7) is 0. The van der Waals surface area contributed by atoms with Crippen molar-refractivity contribution in [2.24, 2.45) is 0 Å². The number of nitrogens with zero attached hydrogens (tertiary/aromatic N) is 3. The Bertz CT molecular complexity index is 2960. The smallest absolute Gasteiger partial charge is 0.182 e.